The maximum absolute atomic E-state index is 11.5. The molecule has 1 aliphatic rings. The average Bonchev–Trinajstić information content (AvgIpc) is 3.02. The average molecular weight is 249 g/mol. The van der Waals surface area contributed by atoms with Crippen LogP contribution in [0.3, 0.4) is 0 Å². The molecule has 1 saturated carbocycles. The zero-order valence-corrected chi connectivity index (χ0v) is 9.46. The highest BCUT2D eigenvalue weighted by Gasteiger charge is 2.21. The molecule has 1 fully saturated rings. The van der Waals surface area contributed by atoms with Gasteiger partial charge in [-0.3, -0.25) is 4.79 Å². The Hall–Kier alpha value is -0.580. The Bertz CT molecular complexity index is 415. The van der Waals surface area contributed by atoms with E-state index in [9.17, 15) is 4.79 Å². The molecule has 2 rings (SSSR count). The predicted molar refractivity (Wildman–Crippen MR) is 57.2 cm³/mol. The second kappa shape index (κ2) is 4.51. The molecule has 0 spiro atoms. The Labute approximate surface area is 96.7 Å². The van der Waals surface area contributed by atoms with Gasteiger partial charge in [-0.1, -0.05) is 23.2 Å². The Morgan fingerprint density at radius 1 is 1.53 bits per heavy atom. The molecule has 1 aromatic rings. The highest BCUT2D eigenvalue weighted by Crippen LogP contribution is 2.28. The zero-order chi connectivity index (χ0) is 10.8. The fourth-order valence-electron chi connectivity index (χ4n) is 1.13. The van der Waals surface area contributed by atoms with Crippen molar-refractivity contribution in [3.63, 3.8) is 0 Å². The van der Waals surface area contributed by atoms with E-state index in [4.69, 9.17) is 27.9 Å². The molecule has 4 nitrogen and oxygen atoms in total. The molecule has 1 aromatic heterocycles. The highest BCUT2D eigenvalue weighted by molar-refractivity contribution is 6.41. The van der Waals surface area contributed by atoms with Crippen LogP contribution in [0, 0.1) is 5.92 Å². The van der Waals surface area contributed by atoms with Crippen LogP contribution in [0.15, 0.2) is 11.0 Å². The Morgan fingerprint density at radius 3 is 2.93 bits per heavy atom. The van der Waals surface area contributed by atoms with E-state index < -0.39 is 5.56 Å². The SMILES string of the molecule is O=c1c(Cl)c(Cl)cnn1COCC1CC1. The monoisotopic (exact) mass is 248 g/mol. The fraction of sp³-hybridized carbons (Fsp3) is 0.556. The summed E-state index contributed by atoms with van der Waals surface area (Å²) in [6, 6.07) is 0. The first-order valence-electron chi connectivity index (χ1n) is 4.67. The van der Waals surface area contributed by atoms with Crippen molar-refractivity contribution in [3.05, 3.63) is 26.6 Å². The summed E-state index contributed by atoms with van der Waals surface area (Å²) in [5.74, 6) is 0.656. The number of ether oxygens (including phenoxy) is 1. The van der Waals surface area contributed by atoms with Crippen molar-refractivity contribution in [3.8, 4) is 0 Å². The van der Waals surface area contributed by atoms with E-state index in [0.717, 1.165) is 4.68 Å². The standard InChI is InChI=1S/C9H10Cl2N2O2/c10-7-3-12-13(9(14)8(7)11)5-15-4-6-1-2-6/h3,6H,1-2,4-5H2. The van der Waals surface area contributed by atoms with E-state index in [1.165, 1.54) is 19.0 Å². The normalized spacial score (nSPS) is 15.6. The number of halogens is 2. The van der Waals surface area contributed by atoms with Crippen LogP contribution in [-0.4, -0.2) is 16.4 Å². The molecule has 0 bridgehead atoms. The van der Waals surface area contributed by atoms with Crippen LogP contribution >= 0.6 is 23.2 Å². The maximum Gasteiger partial charge on any atom is 0.289 e. The van der Waals surface area contributed by atoms with Gasteiger partial charge < -0.3 is 4.74 Å². The van der Waals surface area contributed by atoms with Gasteiger partial charge in [0.25, 0.3) is 5.56 Å². The van der Waals surface area contributed by atoms with Crippen LogP contribution < -0.4 is 5.56 Å². The van der Waals surface area contributed by atoms with Crippen LogP contribution in [0.4, 0.5) is 0 Å². The molecule has 6 heteroatoms. The Kier molecular flexibility index (Phi) is 3.29. The number of hydrogen-bond donors (Lipinski definition) is 0. The second-order valence-electron chi connectivity index (χ2n) is 3.55. The van der Waals surface area contributed by atoms with Gasteiger partial charge >= 0.3 is 0 Å². The predicted octanol–water partition coefficient (Wildman–Crippen LogP) is 1.93. The lowest BCUT2D eigenvalue weighted by Crippen LogP contribution is -2.24. The van der Waals surface area contributed by atoms with Crippen LogP contribution in [0.2, 0.25) is 10.0 Å². The van der Waals surface area contributed by atoms with Crippen molar-refractivity contribution in [2.75, 3.05) is 6.61 Å². The molecule has 1 heterocycles. The van der Waals surface area contributed by atoms with Gasteiger partial charge in [-0.05, 0) is 18.8 Å². The van der Waals surface area contributed by atoms with Gasteiger partial charge in [-0.2, -0.15) is 5.10 Å². The zero-order valence-electron chi connectivity index (χ0n) is 7.95. The molecule has 0 aromatic carbocycles. The largest absolute Gasteiger partial charge is 0.359 e. The molecule has 82 valence electrons. The third-order valence-corrected chi connectivity index (χ3v) is 2.95. The molecular weight excluding hydrogens is 239 g/mol. The fourth-order valence-corrected chi connectivity index (χ4v) is 1.40. The number of nitrogens with zero attached hydrogens (tertiary/aromatic N) is 2. The Balaban J connectivity index is 2.00. The molecule has 0 radical (unpaired) electrons. The molecule has 0 amide bonds. The molecular formula is C9H10Cl2N2O2. The topological polar surface area (TPSA) is 44.1 Å². The van der Waals surface area contributed by atoms with Crippen molar-refractivity contribution >= 4 is 23.2 Å². The van der Waals surface area contributed by atoms with Crippen molar-refractivity contribution in [2.24, 2.45) is 5.92 Å². The molecule has 0 atom stereocenters. The van der Waals surface area contributed by atoms with Gasteiger partial charge in [-0.15, -0.1) is 0 Å². The van der Waals surface area contributed by atoms with Gasteiger partial charge in [0.1, 0.15) is 11.8 Å². The van der Waals surface area contributed by atoms with E-state index in [2.05, 4.69) is 5.10 Å². The van der Waals surface area contributed by atoms with Crippen LogP contribution in [0.1, 0.15) is 12.8 Å². The Morgan fingerprint density at radius 2 is 2.27 bits per heavy atom. The molecule has 0 saturated heterocycles. The van der Waals surface area contributed by atoms with E-state index >= 15 is 0 Å². The lowest BCUT2D eigenvalue weighted by Gasteiger charge is -2.05. The van der Waals surface area contributed by atoms with Gasteiger partial charge in [-0.25, -0.2) is 4.68 Å². The minimum atomic E-state index is -0.417. The number of aromatic nitrogens is 2. The summed E-state index contributed by atoms with van der Waals surface area (Å²) in [4.78, 5) is 11.5. The summed E-state index contributed by atoms with van der Waals surface area (Å²) in [5, 5.41) is 3.97. The van der Waals surface area contributed by atoms with Crippen LogP contribution in [0.5, 0.6) is 0 Å². The van der Waals surface area contributed by atoms with Gasteiger partial charge in [0, 0.05) is 0 Å². The number of hydrogen-bond acceptors (Lipinski definition) is 3. The first kappa shape index (κ1) is 10.9. The lowest BCUT2D eigenvalue weighted by atomic mass is 10.5. The second-order valence-corrected chi connectivity index (χ2v) is 4.34. The summed E-state index contributed by atoms with van der Waals surface area (Å²) in [6.45, 7) is 0.806. The molecule has 0 aliphatic heterocycles. The number of rotatable bonds is 4. The summed E-state index contributed by atoms with van der Waals surface area (Å²) in [5.41, 5.74) is -0.417. The smallest absolute Gasteiger partial charge is 0.289 e. The molecule has 15 heavy (non-hydrogen) atoms. The summed E-state index contributed by atoms with van der Waals surface area (Å²) in [7, 11) is 0. The minimum absolute atomic E-state index is 0.0123. The van der Waals surface area contributed by atoms with E-state index in [1.54, 1.807) is 0 Å². The third-order valence-electron chi connectivity index (χ3n) is 2.21. The van der Waals surface area contributed by atoms with Gasteiger partial charge in [0.2, 0.25) is 0 Å². The first-order valence-corrected chi connectivity index (χ1v) is 5.43. The van der Waals surface area contributed by atoms with E-state index in [1.807, 2.05) is 0 Å². The summed E-state index contributed by atoms with van der Waals surface area (Å²) in [6.07, 6.45) is 3.76. The van der Waals surface area contributed by atoms with Crippen molar-refractivity contribution < 1.29 is 4.74 Å². The van der Waals surface area contributed by atoms with Crippen LogP contribution in [-0.2, 0) is 11.5 Å². The van der Waals surface area contributed by atoms with E-state index in [-0.39, 0.29) is 16.8 Å². The molecule has 1 aliphatic carbocycles. The summed E-state index contributed by atoms with van der Waals surface area (Å²) < 4.78 is 6.48. The van der Waals surface area contributed by atoms with E-state index in [0.29, 0.717) is 12.5 Å². The molecule has 0 N–H and O–H groups in total. The molecule has 0 unspecified atom stereocenters. The first-order chi connectivity index (χ1) is 7.18. The highest BCUT2D eigenvalue weighted by atomic mass is 35.5. The van der Waals surface area contributed by atoms with Crippen molar-refractivity contribution in [2.45, 2.75) is 19.6 Å². The summed E-state index contributed by atoms with van der Waals surface area (Å²) >= 11 is 11.3. The third kappa shape index (κ3) is 2.71. The van der Waals surface area contributed by atoms with Crippen molar-refractivity contribution in [1.82, 2.24) is 9.78 Å². The van der Waals surface area contributed by atoms with Crippen molar-refractivity contribution in [1.29, 1.82) is 0 Å². The quantitative estimate of drug-likeness (QED) is 0.818. The van der Waals surface area contributed by atoms with Gasteiger partial charge in [0.05, 0.1) is 17.8 Å². The van der Waals surface area contributed by atoms with Crippen LogP contribution in [0.25, 0.3) is 0 Å². The lowest BCUT2D eigenvalue weighted by molar-refractivity contribution is 0.0580. The van der Waals surface area contributed by atoms with Gasteiger partial charge in [0.15, 0.2) is 0 Å². The maximum atomic E-state index is 11.5. The minimum Gasteiger partial charge on any atom is -0.359 e.